The van der Waals surface area contributed by atoms with Gasteiger partial charge in [-0.25, -0.2) is 13.2 Å². The van der Waals surface area contributed by atoms with Crippen LogP contribution in [0.3, 0.4) is 0 Å². The summed E-state index contributed by atoms with van der Waals surface area (Å²) in [5.41, 5.74) is 0. The molecule has 0 fully saturated rings. The molecule has 0 heterocycles. The van der Waals surface area contributed by atoms with E-state index < -0.39 is 15.8 Å². The molecule has 0 saturated carbocycles. The summed E-state index contributed by atoms with van der Waals surface area (Å²) in [6.07, 6.45) is 1.78. The maximum atomic E-state index is 10.7. The van der Waals surface area contributed by atoms with Gasteiger partial charge in [-0.1, -0.05) is 6.08 Å². The van der Waals surface area contributed by atoms with Crippen LogP contribution in [0.4, 0.5) is 0 Å². The van der Waals surface area contributed by atoms with Gasteiger partial charge in [-0.05, 0) is 0 Å². The van der Waals surface area contributed by atoms with Crippen molar-refractivity contribution in [2.45, 2.75) is 0 Å². The van der Waals surface area contributed by atoms with Crippen LogP contribution >= 0.6 is 0 Å². The van der Waals surface area contributed by atoms with E-state index in [9.17, 15) is 13.2 Å². The second kappa shape index (κ2) is 3.92. The van der Waals surface area contributed by atoms with Crippen LogP contribution in [-0.2, 0) is 14.6 Å². The molecular formula is C6H8O4S. The van der Waals surface area contributed by atoms with E-state index in [-0.39, 0.29) is 5.75 Å². The fraction of sp³-hybridized carbons (Fsp3) is 0.167. The molecule has 0 atom stereocenters. The van der Waals surface area contributed by atoms with Crippen LogP contribution in [-0.4, -0.2) is 25.2 Å². The summed E-state index contributed by atoms with van der Waals surface area (Å²) < 4.78 is 21.4. The second-order valence-corrected chi connectivity index (χ2v) is 3.69. The van der Waals surface area contributed by atoms with E-state index in [2.05, 4.69) is 6.58 Å². The van der Waals surface area contributed by atoms with Crippen LogP contribution in [0.25, 0.3) is 0 Å². The van der Waals surface area contributed by atoms with Crippen LogP contribution in [0.1, 0.15) is 0 Å². The van der Waals surface area contributed by atoms with Crippen LogP contribution < -0.4 is 0 Å². The van der Waals surface area contributed by atoms with Gasteiger partial charge in [-0.3, -0.25) is 0 Å². The van der Waals surface area contributed by atoms with E-state index in [0.29, 0.717) is 11.5 Å². The minimum atomic E-state index is -3.41. The van der Waals surface area contributed by atoms with Gasteiger partial charge in [0, 0.05) is 11.5 Å². The molecule has 0 saturated heterocycles. The van der Waals surface area contributed by atoms with E-state index in [1.165, 1.54) is 6.08 Å². The summed E-state index contributed by atoms with van der Waals surface area (Å²) in [6.45, 7) is 3.21. The zero-order valence-corrected chi connectivity index (χ0v) is 6.54. The Morgan fingerprint density at radius 3 is 2.45 bits per heavy atom. The third-order valence-electron chi connectivity index (χ3n) is 0.768. The zero-order chi connectivity index (χ0) is 8.91. The van der Waals surface area contributed by atoms with Crippen molar-refractivity contribution in [3.05, 3.63) is 24.1 Å². The Morgan fingerprint density at radius 2 is 2.09 bits per heavy atom. The first-order valence-electron chi connectivity index (χ1n) is 2.72. The Balaban J connectivity index is 4.36. The lowest BCUT2D eigenvalue weighted by atomic mass is 10.7. The number of carboxylic acid groups (broad SMARTS) is 1. The van der Waals surface area contributed by atoms with Crippen molar-refractivity contribution in [2.75, 3.05) is 5.75 Å². The summed E-state index contributed by atoms with van der Waals surface area (Å²) in [5, 5.41) is 8.72. The summed E-state index contributed by atoms with van der Waals surface area (Å²) in [7, 11) is -3.41. The van der Waals surface area contributed by atoms with Crippen LogP contribution in [0.15, 0.2) is 24.1 Å². The van der Waals surface area contributed by atoms with Crippen molar-refractivity contribution in [1.82, 2.24) is 0 Å². The third-order valence-corrected chi connectivity index (χ3v) is 2.02. The first-order valence-corrected chi connectivity index (χ1v) is 4.44. The molecule has 0 amide bonds. The highest BCUT2D eigenvalue weighted by Crippen LogP contribution is 1.92. The lowest BCUT2D eigenvalue weighted by Gasteiger charge is -1.88. The lowest BCUT2D eigenvalue weighted by Crippen LogP contribution is -2.00. The molecule has 11 heavy (non-hydrogen) atoms. The average molecular weight is 176 g/mol. The van der Waals surface area contributed by atoms with Crippen molar-refractivity contribution in [3.63, 3.8) is 0 Å². The number of sulfone groups is 1. The SMILES string of the molecule is C=CCS(=O)(=O)C=CC(=O)O. The fourth-order valence-corrected chi connectivity index (χ4v) is 1.15. The van der Waals surface area contributed by atoms with E-state index in [0.717, 1.165) is 0 Å². The van der Waals surface area contributed by atoms with Gasteiger partial charge in [-0.2, -0.15) is 0 Å². The zero-order valence-electron chi connectivity index (χ0n) is 5.73. The van der Waals surface area contributed by atoms with Crippen LogP contribution in [0, 0.1) is 0 Å². The number of hydrogen-bond donors (Lipinski definition) is 1. The maximum Gasteiger partial charge on any atom is 0.329 e. The number of aliphatic carboxylic acids is 1. The van der Waals surface area contributed by atoms with Gasteiger partial charge < -0.3 is 5.11 Å². The Bertz CT molecular complexity index is 273. The van der Waals surface area contributed by atoms with Crippen molar-refractivity contribution in [3.8, 4) is 0 Å². The largest absolute Gasteiger partial charge is 0.478 e. The lowest BCUT2D eigenvalue weighted by molar-refractivity contribution is -0.131. The molecule has 0 aromatic rings. The van der Waals surface area contributed by atoms with Crippen LogP contribution in [0.2, 0.25) is 0 Å². The standard InChI is InChI=1S/C6H8O4S/c1-2-4-11(9,10)5-3-6(7)8/h2-3,5H,1,4H2,(H,7,8). The van der Waals surface area contributed by atoms with E-state index in [4.69, 9.17) is 5.11 Å². The molecule has 1 N–H and O–H groups in total. The quantitative estimate of drug-likeness (QED) is 0.490. The summed E-state index contributed by atoms with van der Waals surface area (Å²) in [5.74, 6) is -1.52. The minimum absolute atomic E-state index is 0.239. The van der Waals surface area contributed by atoms with Gasteiger partial charge in [0.15, 0.2) is 9.84 Å². The summed E-state index contributed by atoms with van der Waals surface area (Å²) in [4.78, 5) is 9.87. The molecule has 62 valence electrons. The molecule has 0 bridgehead atoms. The molecule has 5 heteroatoms. The molecule has 0 spiro atoms. The Kier molecular flexibility index (Phi) is 3.53. The van der Waals surface area contributed by atoms with Crippen molar-refractivity contribution in [1.29, 1.82) is 0 Å². The maximum absolute atomic E-state index is 10.7. The van der Waals surface area contributed by atoms with E-state index >= 15 is 0 Å². The normalized spacial score (nSPS) is 11.6. The molecule has 4 nitrogen and oxygen atoms in total. The van der Waals surface area contributed by atoms with Crippen molar-refractivity contribution < 1.29 is 18.3 Å². The van der Waals surface area contributed by atoms with Crippen molar-refractivity contribution >= 4 is 15.8 Å². The Morgan fingerprint density at radius 1 is 1.55 bits per heavy atom. The number of carbonyl (C=O) groups is 1. The monoisotopic (exact) mass is 176 g/mol. The highest BCUT2D eigenvalue weighted by atomic mass is 32.2. The predicted molar refractivity (Wildman–Crippen MR) is 40.8 cm³/mol. The average Bonchev–Trinajstić information content (AvgIpc) is 1.84. The topological polar surface area (TPSA) is 71.4 Å². The van der Waals surface area contributed by atoms with E-state index in [1.807, 2.05) is 0 Å². The molecule has 0 rings (SSSR count). The third kappa shape index (κ3) is 5.35. The molecule has 0 radical (unpaired) electrons. The highest BCUT2D eigenvalue weighted by Gasteiger charge is 2.02. The van der Waals surface area contributed by atoms with Gasteiger partial charge in [0.1, 0.15) is 0 Å². The van der Waals surface area contributed by atoms with Crippen molar-refractivity contribution in [2.24, 2.45) is 0 Å². The van der Waals surface area contributed by atoms with Crippen LogP contribution in [0.5, 0.6) is 0 Å². The van der Waals surface area contributed by atoms with Gasteiger partial charge in [-0.15, -0.1) is 6.58 Å². The van der Waals surface area contributed by atoms with Gasteiger partial charge >= 0.3 is 5.97 Å². The van der Waals surface area contributed by atoms with Gasteiger partial charge in [0.05, 0.1) is 5.75 Å². The second-order valence-electron chi connectivity index (χ2n) is 1.76. The van der Waals surface area contributed by atoms with E-state index in [1.54, 1.807) is 0 Å². The smallest absolute Gasteiger partial charge is 0.329 e. The summed E-state index contributed by atoms with van der Waals surface area (Å²) in [6, 6.07) is 0. The molecule has 0 aliphatic rings. The molecular weight excluding hydrogens is 168 g/mol. The van der Waals surface area contributed by atoms with Gasteiger partial charge in [0.2, 0.25) is 0 Å². The fourth-order valence-electron chi connectivity index (χ4n) is 0.382. The Labute approximate surface area is 64.8 Å². The predicted octanol–water partition coefficient (Wildman–Crippen LogP) is 0.186. The molecule has 0 aromatic carbocycles. The number of rotatable bonds is 4. The number of hydrogen-bond acceptors (Lipinski definition) is 3. The van der Waals surface area contributed by atoms with Gasteiger partial charge in [0.25, 0.3) is 0 Å². The molecule has 0 aliphatic heterocycles. The summed E-state index contributed by atoms with van der Waals surface area (Å²) >= 11 is 0. The number of carboxylic acids is 1. The molecule has 0 aromatic heterocycles. The highest BCUT2D eigenvalue weighted by molar-refractivity contribution is 7.94. The minimum Gasteiger partial charge on any atom is -0.478 e. The first-order chi connectivity index (χ1) is 4.98. The molecule has 0 aliphatic carbocycles. The Hall–Kier alpha value is -1.10. The molecule has 0 unspecified atom stereocenters. The first kappa shape index (κ1) is 9.90.